The molecule has 0 bridgehead atoms. The SMILES string of the molecule is Cc1nc2c(Oc3[c-]c(N4C=CN(C)[CH-]4)ccc3)[c-]c(-c3cc(C(C)(C)C)ccn3)cn2c1C.Cc1nc2c(Oc3[c-]c(N4C=CN(C)[CH-]4)ccc3)[c-]c(C(C)(C)c3cc(C(C)(C)C)ccn3)cn2c1C.Cc1nc2c(Oc3[c-]c(N4C=CN(C)[CH-]4)ccc3)[c-]c(Oc3cc(C(C)(C)C)ccn3)cn2c1C.[Pt].[Pt].[Pt]. The van der Waals surface area contributed by atoms with Crippen LogP contribution in [0.4, 0.5) is 17.1 Å². The Morgan fingerprint density at radius 3 is 1.19 bits per heavy atom. The van der Waals surface area contributed by atoms with Crippen molar-refractivity contribution in [3.05, 3.63) is 284 Å². The van der Waals surface area contributed by atoms with Crippen LogP contribution in [-0.4, -0.2) is 78.9 Å². The number of ether oxygens (including phenoxy) is 4. The minimum atomic E-state index is -0.413. The molecule has 0 spiro atoms. The number of aryl methyl sites for hydroxylation is 6. The van der Waals surface area contributed by atoms with E-state index in [1.54, 1.807) is 6.20 Å². The average Bonchev–Trinajstić information content (AvgIpc) is 1.69. The van der Waals surface area contributed by atoms with Crippen LogP contribution in [0.3, 0.4) is 0 Å². The van der Waals surface area contributed by atoms with Crippen LogP contribution in [-0.2, 0) is 84.9 Å². The van der Waals surface area contributed by atoms with Crippen LogP contribution in [0.25, 0.3) is 28.2 Å². The summed E-state index contributed by atoms with van der Waals surface area (Å²) in [5.41, 5.74) is 17.6. The zero-order chi connectivity index (χ0) is 75.3. The Bertz CT molecular complexity index is 5370. The van der Waals surface area contributed by atoms with Crippen LogP contribution in [0.1, 0.15) is 138 Å². The third-order valence-corrected chi connectivity index (χ3v) is 19.0. The van der Waals surface area contributed by atoms with Gasteiger partial charge in [-0.15, -0.1) is 88.9 Å². The first-order valence-electron chi connectivity index (χ1n) is 35.3. The molecule has 9 aromatic heterocycles. The quantitative estimate of drug-likeness (QED) is 0.0950. The zero-order valence-electron chi connectivity index (χ0n) is 65.1. The molecular weight excluding hydrogens is 1900 g/mol. The Morgan fingerprint density at radius 1 is 0.376 bits per heavy atom. The topological polar surface area (TPSA) is 147 Å². The van der Waals surface area contributed by atoms with E-state index in [2.05, 4.69) is 176 Å². The second-order valence-corrected chi connectivity index (χ2v) is 30.6. The molecule has 109 heavy (non-hydrogen) atoms. The number of imidazole rings is 3. The Hall–Kier alpha value is -9.54. The predicted molar refractivity (Wildman–Crippen MR) is 418 cm³/mol. The maximum atomic E-state index is 6.44. The van der Waals surface area contributed by atoms with E-state index >= 15 is 0 Å². The molecule has 0 amide bonds. The van der Waals surface area contributed by atoms with Gasteiger partial charge in [0.2, 0.25) is 5.88 Å². The van der Waals surface area contributed by atoms with Gasteiger partial charge in [-0.2, -0.15) is 38.2 Å². The van der Waals surface area contributed by atoms with E-state index in [4.69, 9.17) is 38.9 Å². The standard InChI is InChI=1S/C31H34N5O.C28H28N5O2.C28H28N5O.3Pt/c1-21-22(2)36-19-24(31(6,7)28-17-23(12-13-32-28)30(3,4)5)16-27(29(36)33-21)37-26-11-9-10-25(18-26)35-15-14-34(8)20-35;1-19-20(2)33-17-24(35-26-14-21(10-11-29-26)28(3,4)5)16-25(27(33)30-19)34-23-9-7-8-22(15-23)32-13-12-31(6)18-32;1-19-20(2)33-17-21(25-15-22(10-11-29-25)28(3,4)5)14-26(27(33)30-19)34-24-9-7-8-23(16-24)32-13-12-31(6)18-32;;;/h9-15,17,19-20H,1-8H3;7-14,17-18H,1-6H3;7-13,15,17-18H,1-6H3;;;/q3*-3;;;. The maximum Gasteiger partial charge on any atom is 0.216 e. The minimum Gasteiger partial charge on any atom is -0.510 e. The number of pyridine rings is 6. The fraction of sp³-hybridized carbons (Fsp3) is 0.276. The number of hydrogen-bond acceptors (Lipinski definition) is 16. The van der Waals surface area contributed by atoms with Gasteiger partial charge in [0.15, 0.2) is 0 Å². The summed E-state index contributed by atoms with van der Waals surface area (Å²) in [4.78, 5) is 40.0. The van der Waals surface area contributed by atoms with Crippen molar-refractivity contribution >= 4 is 34.0 Å². The molecule has 0 fully saturated rings. The smallest absolute Gasteiger partial charge is 0.216 e. The molecule has 22 heteroatoms. The van der Waals surface area contributed by atoms with Gasteiger partial charge >= 0.3 is 0 Å². The van der Waals surface area contributed by atoms with Gasteiger partial charge in [-0.3, -0.25) is 19.9 Å². The molecule has 0 atom stereocenters. The van der Waals surface area contributed by atoms with Crippen LogP contribution in [0, 0.1) is 97.9 Å². The number of fused-ring (bicyclic) bond motifs is 3. The molecule has 15 rings (SSSR count). The molecular formula is C87H90N15O4Pt3-9. The zero-order valence-corrected chi connectivity index (χ0v) is 71.9. The molecule has 3 aliphatic heterocycles. The third kappa shape index (κ3) is 18.3. The summed E-state index contributed by atoms with van der Waals surface area (Å²) in [5.74, 6) is 4.32. The number of benzene rings is 3. The Labute approximate surface area is 685 Å². The average molecular weight is 2000 g/mol. The number of hydrogen-bond donors (Lipinski definition) is 0. The fourth-order valence-electron chi connectivity index (χ4n) is 12.1. The summed E-state index contributed by atoms with van der Waals surface area (Å²) in [6.07, 6.45) is 23.4. The number of anilines is 3. The van der Waals surface area contributed by atoms with Gasteiger partial charge in [0, 0.05) is 156 Å². The molecule has 3 aromatic carbocycles. The first-order valence-corrected chi connectivity index (χ1v) is 35.3. The number of nitrogens with zero attached hydrogens (tertiary/aromatic N) is 15. The molecule has 0 aliphatic carbocycles. The maximum absolute atomic E-state index is 6.44. The number of aromatic nitrogens is 9. The van der Waals surface area contributed by atoms with Gasteiger partial charge in [0.1, 0.15) is 0 Å². The molecule has 0 saturated heterocycles. The van der Waals surface area contributed by atoms with Gasteiger partial charge in [0.25, 0.3) is 0 Å². The summed E-state index contributed by atoms with van der Waals surface area (Å²) in [6.45, 7) is 42.2. The van der Waals surface area contributed by atoms with E-state index in [1.807, 2.05) is 231 Å². The van der Waals surface area contributed by atoms with E-state index in [9.17, 15) is 0 Å². The molecule has 0 saturated carbocycles. The molecule has 19 nitrogen and oxygen atoms in total. The van der Waals surface area contributed by atoms with Crippen molar-refractivity contribution in [2.45, 2.75) is 139 Å². The van der Waals surface area contributed by atoms with E-state index in [0.29, 0.717) is 51.8 Å². The molecule has 3 aliphatic rings. The molecule has 576 valence electrons. The van der Waals surface area contributed by atoms with Crippen molar-refractivity contribution in [1.29, 1.82) is 0 Å². The first kappa shape index (κ1) is 82.0. The Morgan fingerprint density at radius 2 is 0.761 bits per heavy atom. The van der Waals surface area contributed by atoms with Crippen LogP contribution in [0.15, 0.2) is 165 Å². The number of rotatable bonds is 14. The van der Waals surface area contributed by atoms with Gasteiger partial charge < -0.3 is 66.5 Å². The summed E-state index contributed by atoms with van der Waals surface area (Å²) in [5, 5.41) is 0. The summed E-state index contributed by atoms with van der Waals surface area (Å²) >= 11 is 0. The largest absolute Gasteiger partial charge is 0.510 e. The first-order chi connectivity index (χ1) is 50.3. The van der Waals surface area contributed by atoms with Crippen molar-refractivity contribution in [3.8, 4) is 57.4 Å². The summed E-state index contributed by atoms with van der Waals surface area (Å²) < 4.78 is 31.3. The van der Waals surface area contributed by atoms with Crippen molar-refractivity contribution in [2.75, 3.05) is 35.8 Å². The normalized spacial score (nSPS) is 13.5. The molecule has 12 aromatic rings. The van der Waals surface area contributed by atoms with E-state index in [1.165, 1.54) is 11.1 Å². The van der Waals surface area contributed by atoms with Crippen LogP contribution in [0.5, 0.6) is 46.1 Å². The van der Waals surface area contributed by atoms with E-state index in [0.717, 1.165) is 90.6 Å². The Balaban J connectivity index is 0.000000172. The molecule has 0 unspecified atom stereocenters. The van der Waals surface area contributed by atoms with Crippen LogP contribution < -0.4 is 33.6 Å². The Kier molecular flexibility index (Phi) is 24.8. The monoisotopic (exact) mass is 1990 g/mol. The molecule has 0 radical (unpaired) electrons. The second kappa shape index (κ2) is 33.0. The van der Waals surface area contributed by atoms with E-state index < -0.39 is 5.41 Å². The summed E-state index contributed by atoms with van der Waals surface area (Å²) in [6, 6.07) is 50.2. The van der Waals surface area contributed by atoms with Gasteiger partial charge in [0.05, 0.1) is 34.2 Å². The third-order valence-electron chi connectivity index (χ3n) is 19.0. The van der Waals surface area contributed by atoms with Crippen LogP contribution in [0.2, 0.25) is 0 Å². The summed E-state index contributed by atoms with van der Waals surface area (Å²) in [7, 11) is 5.95. The van der Waals surface area contributed by atoms with Crippen LogP contribution >= 0.6 is 0 Å². The second-order valence-electron chi connectivity index (χ2n) is 30.6. The van der Waals surface area contributed by atoms with Crippen molar-refractivity contribution in [2.24, 2.45) is 0 Å². The minimum absolute atomic E-state index is 0. The van der Waals surface area contributed by atoms with Crippen molar-refractivity contribution in [3.63, 3.8) is 0 Å². The van der Waals surface area contributed by atoms with Crippen molar-refractivity contribution < 1.29 is 82.1 Å². The van der Waals surface area contributed by atoms with E-state index in [-0.39, 0.29) is 79.4 Å². The molecule has 12 heterocycles. The fourth-order valence-corrected chi connectivity index (χ4v) is 12.1. The van der Waals surface area contributed by atoms with Crippen molar-refractivity contribution in [1.82, 2.24) is 57.8 Å². The van der Waals surface area contributed by atoms with Gasteiger partial charge in [-0.05, 0) is 163 Å². The predicted octanol–water partition coefficient (Wildman–Crippen LogP) is 18.9. The van der Waals surface area contributed by atoms with Gasteiger partial charge in [-0.25, -0.2) is 4.98 Å². The van der Waals surface area contributed by atoms with Gasteiger partial charge in [-0.1, -0.05) is 113 Å². The molecule has 0 N–H and O–H groups in total.